The fourth-order valence-corrected chi connectivity index (χ4v) is 3.41. The van der Waals surface area contributed by atoms with E-state index in [1.807, 2.05) is 0 Å². The number of likely N-dealkylation sites (tertiary alicyclic amines) is 1. The maximum absolute atomic E-state index is 5.92. The molecule has 2 aliphatic heterocycles. The molecule has 3 heteroatoms. The minimum atomic E-state index is 0.379. The SMILES string of the molecule is NCC1(N2CCCC23CCOC3)CC1. The maximum atomic E-state index is 5.92. The zero-order valence-electron chi connectivity index (χ0n) is 8.80. The van der Waals surface area contributed by atoms with Crippen LogP contribution in [-0.2, 0) is 4.74 Å². The number of hydrogen-bond donors (Lipinski definition) is 1. The van der Waals surface area contributed by atoms with Crippen LogP contribution < -0.4 is 5.73 Å². The molecule has 0 amide bonds. The van der Waals surface area contributed by atoms with E-state index in [0.717, 1.165) is 19.8 Å². The Balaban J connectivity index is 1.84. The van der Waals surface area contributed by atoms with Gasteiger partial charge in [0.1, 0.15) is 0 Å². The summed E-state index contributed by atoms with van der Waals surface area (Å²) in [7, 11) is 0. The summed E-state index contributed by atoms with van der Waals surface area (Å²) in [5.74, 6) is 0. The van der Waals surface area contributed by atoms with Crippen molar-refractivity contribution >= 4 is 0 Å². The first-order valence-corrected chi connectivity index (χ1v) is 5.87. The summed E-state index contributed by atoms with van der Waals surface area (Å²) in [6.07, 6.45) is 6.52. The second kappa shape index (κ2) is 2.94. The Morgan fingerprint density at radius 1 is 1.21 bits per heavy atom. The van der Waals surface area contributed by atoms with E-state index >= 15 is 0 Å². The molecular formula is C11H20N2O. The second-order valence-electron chi connectivity index (χ2n) is 5.21. The summed E-state index contributed by atoms with van der Waals surface area (Å²) in [6, 6.07) is 0. The molecule has 3 aliphatic rings. The molecule has 1 spiro atoms. The van der Waals surface area contributed by atoms with Gasteiger partial charge in [-0.15, -0.1) is 0 Å². The fraction of sp³-hybridized carbons (Fsp3) is 1.00. The van der Waals surface area contributed by atoms with Gasteiger partial charge in [0.05, 0.1) is 6.61 Å². The van der Waals surface area contributed by atoms with Crippen LogP contribution in [0.2, 0.25) is 0 Å². The number of nitrogens with zero attached hydrogens (tertiary/aromatic N) is 1. The van der Waals surface area contributed by atoms with E-state index in [4.69, 9.17) is 10.5 Å². The lowest BCUT2D eigenvalue weighted by Gasteiger charge is -2.40. The van der Waals surface area contributed by atoms with Crippen LogP contribution >= 0.6 is 0 Å². The summed E-state index contributed by atoms with van der Waals surface area (Å²) >= 11 is 0. The van der Waals surface area contributed by atoms with Crippen LogP contribution in [0, 0.1) is 0 Å². The Hall–Kier alpha value is -0.120. The Bertz CT molecular complexity index is 226. The van der Waals surface area contributed by atoms with E-state index in [9.17, 15) is 0 Å². The highest BCUT2D eigenvalue weighted by molar-refractivity contribution is 5.13. The third kappa shape index (κ3) is 1.09. The lowest BCUT2D eigenvalue weighted by molar-refractivity contribution is 0.0580. The van der Waals surface area contributed by atoms with E-state index in [0.29, 0.717) is 11.1 Å². The lowest BCUT2D eigenvalue weighted by Crippen LogP contribution is -2.54. The average molecular weight is 196 g/mol. The van der Waals surface area contributed by atoms with Crippen molar-refractivity contribution in [3.8, 4) is 0 Å². The topological polar surface area (TPSA) is 38.5 Å². The van der Waals surface area contributed by atoms with Gasteiger partial charge in [0.2, 0.25) is 0 Å². The number of rotatable bonds is 2. The van der Waals surface area contributed by atoms with E-state index in [-0.39, 0.29) is 0 Å². The number of hydrogen-bond acceptors (Lipinski definition) is 3. The monoisotopic (exact) mass is 196 g/mol. The predicted octanol–water partition coefficient (Wildman–Crippen LogP) is 0.733. The third-order valence-corrected chi connectivity index (χ3v) is 4.46. The van der Waals surface area contributed by atoms with Crippen molar-refractivity contribution in [2.45, 2.75) is 43.2 Å². The molecule has 1 aliphatic carbocycles. The highest BCUT2D eigenvalue weighted by Crippen LogP contribution is 2.50. The largest absolute Gasteiger partial charge is 0.379 e. The fourth-order valence-electron chi connectivity index (χ4n) is 3.41. The maximum Gasteiger partial charge on any atom is 0.0651 e. The minimum Gasteiger partial charge on any atom is -0.379 e. The minimum absolute atomic E-state index is 0.379. The Morgan fingerprint density at radius 2 is 2.07 bits per heavy atom. The van der Waals surface area contributed by atoms with Crippen LogP contribution in [0.15, 0.2) is 0 Å². The van der Waals surface area contributed by atoms with Crippen LogP contribution in [0.1, 0.15) is 32.1 Å². The molecule has 80 valence electrons. The van der Waals surface area contributed by atoms with Gasteiger partial charge in [-0.05, 0) is 38.6 Å². The second-order valence-corrected chi connectivity index (χ2v) is 5.21. The molecule has 0 aromatic rings. The molecule has 3 rings (SSSR count). The van der Waals surface area contributed by atoms with Crippen molar-refractivity contribution in [3.05, 3.63) is 0 Å². The summed E-state index contributed by atoms with van der Waals surface area (Å²) in [4.78, 5) is 2.70. The standard InChI is InChI=1S/C11H20N2O/c12-8-10(3-4-10)13-6-1-2-11(13)5-7-14-9-11/h1-9,12H2. The quantitative estimate of drug-likeness (QED) is 0.707. The molecule has 1 atom stereocenters. The van der Waals surface area contributed by atoms with Crippen LogP contribution in [0.3, 0.4) is 0 Å². The Kier molecular flexibility index (Phi) is 1.92. The molecule has 2 heterocycles. The Labute approximate surface area is 85.6 Å². The first-order valence-electron chi connectivity index (χ1n) is 5.87. The normalized spacial score (nSPS) is 40.9. The highest BCUT2D eigenvalue weighted by Gasteiger charge is 2.57. The van der Waals surface area contributed by atoms with Gasteiger partial charge in [-0.2, -0.15) is 0 Å². The molecule has 0 aromatic heterocycles. The van der Waals surface area contributed by atoms with Crippen LogP contribution in [0.5, 0.6) is 0 Å². The summed E-state index contributed by atoms with van der Waals surface area (Å²) in [6.45, 7) is 4.00. The third-order valence-electron chi connectivity index (χ3n) is 4.46. The molecule has 1 unspecified atom stereocenters. The summed E-state index contributed by atoms with van der Waals surface area (Å²) in [5.41, 5.74) is 6.68. The van der Waals surface area contributed by atoms with E-state index in [2.05, 4.69) is 4.90 Å². The van der Waals surface area contributed by atoms with Gasteiger partial charge < -0.3 is 10.5 Å². The van der Waals surface area contributed by atoms with Gasteiger partial charge in [0, 0.05) is 24.2 Å². The summed E-state index contributed by atoms with van der Waals surface area (Å²) in [5, 5.41) is 0. The van der Waals surface area contributed by atoms with E-state index < -0.39 is 0 Å². The van der Waals surface area contributed by atoms with E-state index in [1.165, 1.54) is 38.6 Å². The molecule has 2 saturated heterocycles. The zero-order chi connectivity index (χ0) is 9.65. The van der Waals surface area contributed by atoms with Gasteiger partial charge in [0.15, 0.2) is 0 Å². The smallest absolute Gasteiger partial charge is 0.0651 e. The molecule has 14 heavy (non-hydrogen) atoms. The average Bonchev–Trinajstić information content (AvgIpc) is 2.69. The van der Waals surface area contributed by atoms with Crippen molar-refractivity contribution in [3.63, 3.8) is 0 Å². The van der Waals surface area contributed by atoms with E-state index in [1.54, 1.807) is 0 Å². The lowest BCUT2D eigenvalue weighted by atomic mass is 9.93. The zero-order valence-corrected chi connectivity index (χ0v) is 8.80. The molecule has 0 radical (unpaired) electrons. The van der Waals surface area contributed by atoms with Gasteiger partial charge in [-0.3, -0.25) is 4.90 Å². The van der Waals surface area contributed by atoms with Gasteiger partial charge >= 0.3 is 0 Å². The molecule has 3 nitrogen and oxygen atoms in total. The molecule has 2 N–H and O–H groups in total. The van der Waals surface area contributed by atoms with Crippen LogP contribution in [0.25, 0.3) is 0 Å². The first-order chi connectivity index (χ1) is 6.81. The highest BCUT2D eigenvalue weighted by atomic mass is 16.5. The van der Waals surface area contributed by atoms with Crippen molar-refractivity contribution in [1.82, 2.24) is 4.90 Å². The van der Waals surface area contributed by atoms with Crippen molar-refractivity contribution < 1.29 is 4.74 Å². The van der Waals surface area contributed by atoms with Crippen molar-refractivity contribution in [2.24, 2.45) is 5.73 Å². The van der Waals surface area contributed by atoms with Gasteiger partial charge in [-0.1, -0.05) is 0 Å². The number of ether oxygens (including phenoxy) is 1. The Morgan fingerprint density at radius 3 is 2.64 bits per heavy atom. The molecular weight excluding hydrogens is 176 g/mol. The predicted molar refractivity (Wildman–Crippen MR) is 55.1 cm³/mol. The number of nitrogens with two attached hydrogens (primary N) is 1. The van der Waals surface area contributed by atoms with Crippen molar-refractivity contribution in [2.75, 3.05) is 26.3 Å². The van der Waals surface area contributed by atoms with Gasteiger partial charge in [0.25, 0.3) is 0 Å². The van der Waals surface area contributed by atoms with Gasteiger partial charge in [-0.25, -0.2) is 0 Å². The van der Waals surface area contributed by atoms with Crippen LogP contribution in [-0.4, -0.2) is 42.3 Å². The first kappa shape index (κ1) is 9.13. The molecule has 1 saturated carbocycles. The summed E-state index contributed by atoms with van der Waals surface area (Å²) < 4.78 is 5.60. The molecule has 0 bridgehead atoms. The van der Waals surface area contributed by atoms with Crippen molar-refractivity contribution in [1.29, 1.82) is 0 Å². The van der Waals surface area contributed by atoms with Crippen LogP contribution in [0.4, 0.5) is 0 Å². The molecule has 3 fully saturated rings. The molecule has 0 aromatic carbocycles.